The van der Waals surface area contributed by atoms with Gasteiger partial charge in [0.25, 0.3) is 0 Å². The first kappa shape index (κ1) is 22.8. The molecule has 1 heterocycles. The smallest absolute Gasteiger partial charge is 0.194 e. The summed E-state index contributed by atoms with van der Waals surface area (Å²) in [6.45, 7) is 11.9. The number of ether oxygens (including phenoxy) is 2. The van der Waals surface area contributed by atoms with Crippen LogP contribution in [0.15, 0.2) is 23.2 Å². The second kappa shape index (κ2) is 12.9. The fourth-order valence-corrected chi connectivity index (χ4v) is 3.42. The average molecular weight is 411 g/mol. The minimum absolute atomic E-state index is 0.656. The molecule has 0 bridgehead atoms. The molecule has 0 amide bonds. The van der Waals surface area contributed by atoms with Gasteiger partial charge in [-0.2, -0.15) is 0 Å². The molecule has 0 radical (unpaired) electrons. The summed E-state index contributed by atoms with van der Waals surface area (Å²) in [5.41, 5.74) is 2.51. The molecule has 0 spiro atoms. The van der Waals surface area contributed by atoms with E-state index in [1.165, 1.54) is 11.3 Å². The number of guanidine groups is 1. The molecule has 1 fully saturated rings. The van der Waals surface area contributed by atoms with E-state index in [-0.39, 0.29) is 0 Å². The Morgan fingerprint density at radius 2 is 1.93 bits per heavy atom. The summed E-state index contributed by atoms with van der Waals surface area (Å²) in [5, 5.41) is 4.23. The van der Waals surface area contributed by atoms with E-state index in [1.807, 2.05) is 6.07 Å². The quantitative estimate of drug-likeness (QED) is 0.364. The van der Waals surface area contributed by atoms with E-state index in [0.29, 0.717) is 13.2 Å². The van der Waals surface area contributed by atoms with Crippen LogP contribution in [0.3, 0.4) is 0 Å². The molecule has 1 aliphatic heterocycles. The number of hydrogen-bond acceptors (Lipinski definition) is 4. The molecule has 1 N–H and O–H groups in total. The third kappa shape index (κ3) is 7.49. The van der Waals surface area contributed by atoms with Crippen molar-refractivity contribution in [3.05, 3.63) is 28.8 Å². The Kier molecular flexibility index (Phi) is 10.5. The number of aryl methyl sites for hydroxylation is 1. The average Bonchev–Trinajstić information content (AvgIpc) is 2.71. The first-order valence-electron chi connectivity index (χ1n) is 10.3. The molecule has 7 heteroatoms. The van der Waals surface area contributed by atoms with Crippen molar-refractivity contribution in [3.63, 3.8) is 0 Å². The summed E-state index contributed by atoms with van der Waals surface area (Å²) >= 11 is 6.19. The number of aliphatic imine (C=N–C) groups is 1. The van der Waals surface area contributed by atoms with Crippen LogP contribution in [-0.4, -0.2) is 77.1 Å². The van der Waals surface area contributed by atoms with E-state index in [1.54, 1.807) is 7.11 Å². The Balaban J connectivity index is 1.79. The maximum absolute atomic E-state index is 6.19. The van der Waals surface area contributed by atoms with Crippen LogP contribution in [0.5, 0.6) is 0 Å². The second-order valence-electron chi connectivity index (χ2n) is 6.95. The Morgan fingerprint density at radius 3 is 2.64 bits per heavy atom. The van der Waals surface area contributed by atoms with E-state index < -0.39 is 0 Å². The summed E-state index contributed by atoms with van der Waals surface area (Å²) in [6.07, 6.45) is 2.05. The highest BCUT2D eigenvalue weighted by Gasteiger charge is 2.20. The van der Waals surface area contributed by atoms with Gasteiger partial charge in [-0.15, -0.1) is 0 Å². The fourth-order valence-electron chi connectivity index (χ4n) is 3.25. The monoisotopic (exact) mass is 410 g/mol. The first-order chi connectivity index (χ1) is 13.7. The lowest BCUT2D eigenvalue weighted by Gasteiger charge is -2.38. The zero-order valence-corrected chi connectivity index (χ0v) is 18.3. The molecule has 0 unspecified atom stereocenters. The van der Waals surface area contributed by atoms with Crippen molar-refractivity contribution in [1.82, 2.24) is 10.2 Å². The van der Waals surface area contributed by atoms with Crippen LogP contribution in [0.2, 0.25) is 5.02 Å². The maximum Gasteiger partial charge on any atom is 0.194 e. The van der Waals surface area contributed by atoms with E-state index in [4.69, 9.17) is 26.1 Å². The molecular formula is C21H35ClN4O2. The van der Waals surface area contributed by atoms with Gasteiger partial charge in [0.05, 0.1) is 13.2 Å². The van der Waals surface area contributed by atoms with Gasteiger partial charge in [-0.05, 0) is 44.4 Å². The van der Waals surface area contributed by atoms with Crippen LogP contribution in [0.1, 0.15) is 25.3 Å². The minimum Gasteiger partial charge on any atom is -0.382 e. The van der Waals surface area contributed by atoms with Gasteiger partial charge in [0.1, 0.15) is 0 Å². The number of halogens is 1. The molecular weight excluding hydrogens is 376 g/mol. The summed E-state index contributed by atoms with van der Waals surface area (Å²) in [4.78, 5) is 9.58. The number of rotatable bonds is 10. The van der Waals surface area contributed by atoms with Crippen LogP contribution in [0.25, 0.3) is 0 Å². The van der Waals surface area contributed by atoms with Gasteiger partial charge >= 0.3 is 0 Å². The lowest BCUT2D eigenvalue weighted by molar-refractivity contribution is 0.0690. The van der Waals surface area contributed by atoms with Crippen LogP contribution >= 0.6 is 11.6 Å². The van der Waals surface area contributed by atoms with Crippen molar-refractivity contribution in [2.75, 3.05) is 71.1 Å². The zero-order valence-electron chi connectivity index (χ0n) is 17.5. The fraction of sp³-hybridized carbons (Fsp3) is 0.667. The van der Waals surface area contributed by atoms with Crippen LogP contribution in [0, 0.1) is 6.92 Å². The Morgan fingerprint density at radius 1 is 1.14 bits per heavy atom. The lowest BCUT2D eigenvalue weighted by atomic mass is 10.1. The predicted octanol–water partition coefficient (Wildman–Crippen LogP) is 3.18. The van der Waals surface area contributed by atoms with Gasteiger partial charge in [-0.25, -0.2) is 0 Å². The van der Waals surface area contributed by atoms with E-state index in [0.717, 1.165) is 69.7 Å². The van der Waals surface area contributed by atoms with Crippen molar-refractivity contribution in [3.8, 4) is 0 Å². The number of piperazine rings is 1. The molecule has 28 heavy (non-hydrogen) atoms. The number of hydrogen-bond donors (Lipinski definition) is 1. The van der Waals surface area contributed by atoms with Crippen molar-refractivity contribution < 1.29 is 9.47 Å². The standard InChI is InChI=1S/C21H35ClN4O2/c1-4-23-21(24-9-5-6-14-28-16-15-27-3)26-12-10-25(11-13-26)20-17-19(22)8-7-18(20)2/h7-8,17H,4-6,9-16H2,1-3H3,(H,23,24). The molecule has 0 aliphatic carbocycles. The molecule has 1 aromatic rings. The minimum atomic E-state index is 0.656. The van der Waals surface area contributed by atoms with Gasteiger partial charge in [0, 0.05) is 63.7 Å². The number of anilines is 1. The van der Waals surface area contributed by atoms with Crippen LogP contribution in [-0.2, 0) is 9.47 Å². The number of nitrogens with zero attached hydrogens (tertiary/aromatic N) is 3. The molecule has 0 aromatic heterocycles. The topological polar surface area (TPSA) is 49.3 Å². The largest absolute Gasteiger partial charge is 0.382 e. The highest BCUT2D eigenvalue weighted by Crippen LogP contribution is 2.25. The number of nitrogens with one attached hydrogen (secondary N) is 1. The zero-order chi connectivity index (χ0) is 20.2. The molecule has 1 aromatic carbocycles. The third-order valence-corrected chi connectivity index (χ3v) is 5.05. The van der Waals surface area contributed by atoms with Gasteiger partial charge in [0.2, 0.25) is 0 Å². The Labute approximate surface area is 174 Å². The predicted molar refractivity (Wildman–Crippen MR) is 118 cm³/mol. The molecule has 0 saturated carbocycles. The van der Waals surface area contributed by atoms with E-state index in [2.05, 4.69) is 41.1 Å². The summed E-state index contributed by atoms with van der Waals surface area (Å²) in [6, 6.07) is 6.12. The Bertz CT molecular complexity index is 604. The number of benzene rings is 1. The van der Waals surface area contributed by atoms with Crippen LogP contribution in [0.4, 0.5) is 5.69 Å². The molecule has 2 rings (SSSR count). The highest BCUT2D eigenvalue weighted by atomic mass is 35.5. The number of unbranched alkanes of at least 4 members (excludes halogenated alkanes) is 1. The van der Waals surface area contributed by atoms with Crippen LogP contribution < -0.4 is 10.2 Å². The van der Waals surface area contributed by atoms with Gasteiger partial charge in [0.15, 0.2) is 5.96 Å². The SMILES string of the molecule is CCNC(=NCCCCOCCOC)N1CCN(c2cc(Cl)ccc2C)CC1. The highest BCUT2D eigenvalue weighted by molar-refractivity contribution is 6.30. The van der Waals surface area contributed by atoms with Gasteiger partial charge in [-0.1, -0.05) is 17.7 Å². The maximum atomic E-state index is 6.19. The molecule has 0 atom stereocenters. The molecule has 1 saturated heterocycles. The summed E-state index contributed by atoms with van der Waals surface area (Å²) < 4.78 is 10.5. The molecule has 158 valence electrons. The van der Waals surface area contributed by atoms with E-state index >= 15 is 0 Å². The molecule has 6 nitrogen and oxygen atoms in total. The van der Waals surface area contributed by atoms with Crippen molar-refractivity contribution in [1.29, 1.82) is 0 Å². The van der Waals surface area contributed by atoms with E-state index in [9.17, 15) is 0 Å². The second-order valence-corrected chi connectivity index (χ2v) is 7.39. The van der Waals surface area contributed by atoms with Crippen molar-refractivity contribution in [2.24, 2.45) is 4.99 Å². The van der Waals surface area contributed by atoms with Gasteiger partial charge in [-0.3, -0.25) is 4.99 Å². The third-order valence-electron chi connectivity index (χ3n) is 4.82. The summed E-state index contributed by atoms with van der Waals surface area (Å²) in [5.74, 6) is 1.02. The summed E-state index contributed by atoms with van der Waals surface area (Å²) in [7, 11) is 1.69. The Hall–Kier alpha value is -1.50. The van der Waals surface area contributed by atoms with Crippen molar-refractivity contribution >= 4 is 23.2 Å². The molecule has 1 aliphatic rings. The first-order valence-corrected chi connectivity index (χ1v) is 10.6. The number of methoxy groups -OCH3 is 1. The van der Waals surface area contributed by atoms with Gasteiger partial charge < -0.3 is 24.6 Å². The lowest BCUT2D eigenvalue weighted by Crippen LogP contribution is -2.52. The normalized spacial score (nSPS) is 15.2. The van der Waals surface area contributed by atoms with Crippen molar-refractivity contribution in [2.45, 2.75) is 26.7 Å².